The molecule has 0 spiro atoms. The summed E-state index contributed by atoms with van der Waals surface area (Å²) in [6, 6.07) is -0.798. The normalized spacial score (nSPS) is 12.1. The first-order valence-corrected chi connectivity index (χ1v) is 4.51. The molecular weight excluding hydrogens is 198 g/mol. The minimum atomic E-state index is -0.798. The van der Waals surface area contributed by atoms with Gasteiger partial charge in [0.2, 0.25) is 5.90 Å². The maximum absolute atomic E-state index is 10.9. The molecule has 0 aromatic rings. The molecule has 0 aromatic carbocycles. The van der Waals surface area contributed by atoms with Gasteiger partial charge in [-0.3, -0.25) is 4.79 Å². The van der Waals surface area contributed by atoms with E-state index in [4.69, 9.17) is 10.5 Å². The van der Waals surface area contributed by atoms with Crippen LogP contribution in [0.15, 0.2) is 5.10 Å². The quantitative estimate of drug-likeness (QED) is 0.413. The van der Waals surface area contributed by atoms with E-state index in [-0.39, 0.29) is 18.1 Å². The van der Waals surface area contributed by atoms with E-state index in [0.717, 1.165) is 0 Å². The first kappa shape index (κ1) is 13.4. The van der Waals surface area contributed by atoms with Crippen LogP contribution in [-0.4, -0.2) is 23.3 Å². The highest BCUT2D eigenvalue weighted by atomic mass is 16.5. The molecule has 0 aromatic heterocycles. The Labute approximate surface area is 88.9 Å². The van der Waals surface area contributed by atoms with Crippen LogP contribution in [0.4, 0.5) is 4.79 Å². The standard InChI is InChI=1S/C9H17N3O3/c1-6(13)5-7(11-12-8(10)14)15-9(2,3)4/h5H2,1-4H3,(H3,10,12,14). The fourth-order valence-electron chi connectivity index (χ4n) is 0.782. The number of ketones is 1. The van der Waals surface area contributed by atoms with Gasteiger partial charge in [0.1, 0.15) is 11.4 Å². The molecule has 0 aliphatic rings. The van der Waals surface area contributed by atoms with E-state index in [9.17, 15) is 9.59 Å². The number of Topliss-reactive ketones (excluding diaryl/α,β-unsaturated/α-hetero) is 1. The molecule has 86 valence electrons. The number of urea groups is 1. The molecule has 0 atom stereocenters. The first-order chi connectivity index (χ1) is 6.70. The second kappa shape index (κ2) is 5.33. The van der Waals surface area contributed by atoms with Crippen molar-refractivity contribution in [1.29, 1.82) is 0 Å². The average molecular weight is 215 g/mol. The van der Waals surface area contributed by atoms with Crippen LogP contribution >= 0.6 is 0 Å². The van der Waals surface area contributed by atoms with Crippen LogP contribution in [-0.2, 0) is 9.53 Å². The molecule has 0 fully saturated rings. The van der Waals surface area contributed by atoms with Gasteiger partial charge in [0, 0.05) is 0 Å². The zero-order valence-electron chi connectivity index (χ0n) is 9.46. The number of hydrogen-bond donors (Lipinski definition) is 2. The van der Waals surface area contributed by atoms with Crippen molar-refractivity contribution in [1.82, 2.24) is 5.43 Å². The molecule has 0 saturated carbocycles. The fourth-order valence-corrected chi connectivity index (χ4v) is 0.782. The van der Waals surface area contributed by atoms with Gasteiger partial charge in [0.25, 0.3) is 0 Å². The van der Waals surface area contributed by atoms with Crippen LogP contribution in [0, 0.1) is 0 Å². The van der Waals surface area contributed by atoms with Crippen LogP contribution in [0.3, 0.4) is 0 Å². The zero-order chi connectivity index (χ0) is 12.1. The number of ether oxygens (including phenoxy) is 1. The molecule has 0 radical (unpaired) electrons. The Morgan fingerprint density at radius 1 is 1.40 bits per heavy atom. The van der Waals surface area contributed by atoms with Crippen molar-refractivity contribution in [2.75, 3.05) is 0 Å². The third-order valence-corrected chi connectivity index (χ3v) is 1.11. The van der Waals surface area contributed by atoms with Gasteiger partial charge in [-0.25, -0.2) is 10.2 Å². The van der Waals surface area contributed by atoms with Crippen molar-refractivity contribution < 1.29 is 14.3 Å². The summed E-state index contributed by atoms with van der Waals surface area (Å²) in [7, 11) is 0. The van der Waals surface area contributed by atoms with E-state index < -0.39 is 11.6 Å². The molecule has 0 rings (SSSR count). The Morgan fingerprint density at radius 2 is 1.93 bits per heavy atom. The second-order valence-corrected chi connectivity index (χ2v) is 4.07. The summed E-state index contributed by atoms with van der Waals surface area (Å²) in [5.41, 5.74) is 6.38. The number of hydrogen-bond acceptors (Lipinski definition) is 4. The third-order valence-electron chi connectivity index (χ3n) is 1.11. The maximum Gasteiger partial charge on any atom is 0.332 e. The highest BCUT2D eigenvalue weighted by molar-refractivity contribution is 5.97. The molecule has 0 heterocycles. The number of carbonyl (C=O) groups is 2. The number of hydrazone groups is 1. The molecule has 0 bridgehead atoms. The van der Waals surface area contributed by atoms with E-state index in [2.05, 4.69) is 5.10 Å². The van der Waals surface area contributed by atoms with Gasteiger partial charge in [0.15, 0.2) is 0 Å². The first-order valence-electron chi connectivity index (χ1n) is 4.51. The van der Waals surface area contributed by atoms with Gasteiger partial charge in [-0.2, -0.15) is 0 Å². The number of amides is 2. The minimum Gasteiger partial charge on any atom is -0.474 e. The highest BCUT2D eigenvalue weighted by Gasteiger charge is 2.16. The predicted octanol–water partition coefficient (Wildman–Crippen LogP) is 0.762. The van der Waals surface area contributed by atoms with Gasteiger partial charge < -0.3 is 10.5 Å². The Morgan fingerprint density at radius 3 is 2.27 bits per heavy atom. The summed E-state index contributed by atoms with van der Waals surface area (Å²) in [5, 5.41) is 3.60. The summed E-state index contributed by atoms with van der Waals surface area (Å²) in [6.45, 7) is 6.85. The monoisotopic (exact) mass is 215 g/mol. The minimum absolute atomic E-state index is 0.0253. The largest absolute Gasteiger partial charge is 0.474 e. The fraction of sp³-hybridized carbons (Fsp3) is 0.667. The van der Waals surface area contributed by atoms with Gasteiger partial charge in [-0.1, -0.05) is 0 Å². The van der Waals surface area contributed by atoms with Crippen LogP contribution < -0.4 is 11.2 Å². The number of primary amides is 1. The molecule has 6 nitrogen and oxygen atoms in total. The molecule has 6 heteroatoms. The number of nitrogens with zero attached hydrogens (tertiary/aromatic N) is 1. The number of nitrogens with one attached hydrogen (secondary N) is 1. The average Bonchev–Trinajstić information content (AvgIpc) is 1.95. The van der Waals surface area contributed by atoms with Gasteiger partial charge >= 0.3 is 6.03 Å². The molecule has 0 aliphatic heterocycles. The topological polar surface area (TPSA) is 93.8 Å². The van der Waals surface area contributed by atoms with Crippen LogP contribution in [0.25, 0.3) is 0 Å². The number of nitrogens with two attached hydrogens (primary N) is 1. The van der Waals surface area contributed by atoms with Crippen LogP contribution in [0.5, 0.6) is 0 Å². The lowest BCUT2D eigenvalue weighted by molar-refractivity contribution is -0.116. The summed E-state index contributed by atoms with van der Waals surface area (Å²) in [6.07, 6.45) is 0.0253. The maximum atomic E-state index is 10.9. The van der Waals surface area contributed by atoms with Crippen molar-refractivity contribution in [3.05, 3.63) is 0 Å². The lowest BCUT2D eigenvalue weighted by Gasteiger charge is -2.21. The third kappa shape index (κ3) is 8.73. The highest BCUT2D eigenvalue weighted by Crippen LogP contribution is 2.09. The molecule has 0 unspecified atom stereocenters. The van der Waals surface area contributed by atoms with E-state index in [1.165, 1.54) is 6.92 Å². The van der Waals surface area contributed by atoms with Crippen molar-refractivity contribution in [3.63, 3.8) is 0 Å². The summed E-state index contributed by atoms with van der Waals surface area (Å²) in [5.74, 6) is 0.0399. The second-order valence-electron chi connectivity index (χ2n) is 4.07. The lowest BCUT2D eigenvalue weighted by Crippen LogP contribution is -2.30. The Bertz CT molecular complexity index is 279. The Kier molecular flexibility index (Phi) is 4.77. The van der Waals surface area contributed by atoms with Crippen molar-refractivity contribution in [2.24, 2.45) is 10.8 Å². The van der Waals surface area contributed by atoms with Crippen LogP contribution in [0.2, 0.25) is 0 Å². The number of carbonyl (C=O) groups excluding carboxylic acids is 2. The molecule has 0 saturated heterocycles. The molecular formula is C9H17N3O3. The van der Waals surface area contributed by atoms with E-state index >= 15 is 0 Å². The van der Waals surface area contributed by atoms with Crippen molar-refractivity contribution >= 4 is 17.7 Å². The van der Waals surface area contributed by atoms with E-state index in [1.54, 1.807) is 0 Å². The Hall–Kier alpha value is -1.59. The van der Waals surface area contributed by atoms with Crippen LogP contribution in [0.1, 0.15) is 34.1 Å². The van der Waals surface area contributed by atoms with Crippen molar-refractivity contribution in [2.45, 2.75) is 39.7 Å². The smallest absolute Gasteiger partial charge is 0.332 e. The summed E-state index contributed by atoms with van der Waals surface area (Å²) in [4.78, 5) is 21.3. The predicted molar refractivity (Wildman–Crippen MR) is 56.3 cm³/mol. The van der Waals surface area contributed by atoms with Gasteiger partial charge in [-0.05, 0) is 27.7 Å². The SMILES string of the molecule is CC(=O)CC(=NNC(N)=O)OC(C)(C)C. The Balaban J connectivity index is 4.50. The molecule has 3 N–H and O–H groups in total. The van der Waals surface area contributed by atoms with Gasteiger partial charge in [-0.15, -0.1) is 5.10 Å². The summed E-state index contributed by atoms with van der Waals surface area (Å²) >= 11 is 0. The number of rotatable bonds is 3. The lowest BCUT2D eigenvalue weighted by atomic mass is 10.2. The summed E-state index contributed by atoms with van der Waals surface area (Å²) < 4.78 is 5.36. The molecule has 0 aliphatic carbocycles. The van der Waals surface area contributed by atoms with Crippen molar-refractivity contribution in [3.8, 4) is 0 Å². The van der Waals surface area contributed by atoms with E-state index in [1.807, 2.05) is 26.2 Å². The molecule has 2 amide bonds. The van der Waals surface area contributed by atoms with Gasteiger partial charge in [0.05, 0.1) is 6.42 Å². The molecule has 15 heavy (non-hydrogen) atoms. The van der Waals surface area contributed by atoms with E-state index in [0.29, 0.717) is 0 Å². The zero-order valence-corrected chi connectivity index (χ0v) is 9.46.